The molecular formula is C18H27NO5. The third-order valence-corrected chi connectivity index (χ3v) is 3.92. The predicted octanol–water partition coefficient (Wildman–Crippen LogP) is 4.31. The van der Waals surface area contributed by atoms with Crippen LogP contribution in [-0.4, -0.2) is 28.6 Å². The van der Waals surface area contributed by atoms with Crippen molar-refractivity contribution in [2.75, 3.05) is 6.61 Å². The van der Waals surface area contributed by atoms with Gasteiger partial charge in [-0.2, -0.15) is 0 Å². The minimum atomic E-state index is -1.45. The van der Waals surface area contributed by atoms with E-state index in [1.54, 1.807) is 0 Å². The van der Waals surface area contributed by atoms with Gasteiger partial charge in [0.2, 0.25) is 0 Å². The minimum absolute atomic E-state index is 0.124. The lowest BCUT2D eigenvalue weighted by Crippen LogP contribution is -2.28. The highest BCUT2D eigenvalue weighted by atomic mass is 16.6. The molecule has 1 rings (SSSR count). The lowest BCUT2D eigenvalue weighted by molar-refractivity contribution is -0.511. The SMILES string of the molecule is O=C(O)C(CCCCCCCCCCOc1ccccc1)[N+](=O)[O-]. The van der Waals surface area contributed by atoms with Gasteiger partial charge in [0.25, 0.3) is 0 Å². The number of ether oxygens (including phenoxy) is 1. The molecule has 0 aliphatic carbocycles. The summed E-state index contributed by atoms with van der Waals surface area (Å²) in [4.78, 5) is 20.5. The summed E-state index contributed by atoms with van der Waals surface area (Å²) in [5.74, 6) is -0.426. The first kappa shape index (κ1) is 19.9. The van der Waals surface area contributed by atoms with Gasteiger partial charge < -0.3 is 9.84 Å². The van der Waals surface area contributed by atoms with Crippen molar-refractivity contribution < 1.29 is 19.6 Å². The molecule has 1 atom stereocenters. The predicted molar refractivity (Wildman–Crippen MR) is 91.9 cm³/mol. The number of aliphatic carboxylic acids is 1. The van der Waals surface area contributed by atoms with Crippen molar-refractivity contribution in [2.45, 2.75) is 63.8 Å². The second-order valence-electron chi connectivity index (χ2n) is 5.92. The van der Waals surface area contributed by atoms with Crippen LogP contribution < -0.4 is 4.74 Å². The molecule has 1 N–H and O–H groups in total. The second kappa shape index (κ2) is 12.3. The van der Waals surface area contributed by atoms with Crippen LogP contribution in [0.2, 0.25) is 0 Å². The van der Waals surface area contributed by atoms with Gasteiger partial charge in [-0.15, -0.1) is 0 Å². The number of nitrogens with zero attached hydrogens (tertiary/aromatic N) is 1. The molecule has 0 bridgehead atoms. The van der Waals surface area contributed by atoms with Crippen LogP contribution >= 0.6 is 0 Å². The number of carboxylic acid groups (broad SMARTS) is 1. The van der Waals surface area contributed by atoms with E-state index in [-0.39, 0.29) is 6.42 Å². The van der Waals surface area contributed by atoms with Gasteiger partial charge in [0, 0.05) is 11.3 Å². The van der Waals surface area contributed by atoms with Crippen LogP contribution in [0.15, 0.2) is 30.3 Å². The van der Waals surface area contributed by atoms with Crippen LogP contribution in [0.5, 0.6) is 5.75 Å². The average molecular weight is 337 g/mol. The van der Waals surface area contributed by atoms with E-state index >= 15 is 0 Å². The molecule has 6 heteroatoms. The van der Waals surface area contributed by atoms with Gasteiger partial charge >= 0.3 is 12.0 Å². The molecule has 1 aromatic rings. The maximum atomic E-state index is 10.7. The first-order valence-electron chi connectivity index (χ1n) is 8.65. The lowest BCUT2D eigenvalue weighted by Gasteiger charge is -2.06. The van der Waals surface area contributed by atoms with E-state index in [0.717, 1.165) is 57.3 Å². The van der Waals surface area contributed by atoms with E-state index in [1.807, 2.05) is 30.3 Å². The van der Waals surface area contributed by atoms with E-state index in [9.17, 15) is 14.9 Å². The fourth-order valence-corrected chi connectivity index (χ4v) is 2.53. The summed E-state index contributed by atoms with van der Waals surface area (Å²) in [6, 6.07) is 8.34. The largest absolute Gasteiger partial charge is 0.494 e. The van der Waals surface area contributed by atoms with Gasteiger partial charge in [0.15, 0.2) is 0 Å². The molecule has 0 amide bonds. The Hall–Kier alpha value is -2.11. The number of benzene rings is 1. The van der Waals surface area contributed by atoms with Crippen LogP contribution in [0.3, 0.4) is 0 Å². The standard InChI is InChI=1S/C18H27NO5/c20-18(21)17(19(22)23)14-10-5-3-1-2-4-6-11-15-24-16-12-8-7-9-13-16/h7-9,12-13,17H,1-6,10-11,14-15H2,(H,20,21). The molecule has 0 spiro atoms. The molecule has 1 unspecified atom stereocenters. The van der Waals surface area contributed by atoms with E-state index in [2.05, 4.69) is 0 Å². The van der Waals surface area contributed by atoms with Crippen molar-refractivity contribution in [2.24, 2.45) is 0 Å². The van der Waals surface area contributed by atoms with Crippen molar-refractivity contribution in [1.29, 1.82) is 0 Å². The molecule has 0 saturated carbocycles. The van der Waals surface area contributed by atoms with Gasteiger partial charge in [-0.1, -0.05) is 56.7 Å². The summed E-state index contributed by atoms with van der Waals surface area (Å²) in [6.45, 7) is 0.738. The van der Waals surface area contributed by atoms with Gasteiger partial charge in [-0.05, 0) is 25.0 Å². The Labute approximate surface area is 143 Å². The Morgan fingerprint density at radius 3 is 2.08 bits per heavy atom. The zero-order chi connectivity index (χ0) is 17.6. The first-order valence-corrected chi connectivity index (χ1v) is 8.65. The maximum absolute atomic E-state index is 10.7. The van der Waals surface area contributed by atoms with Crippen LogP contribution in [0.4, 0.5) is 0 Å². The zero-order valence-electron chi connectivity index (χ0n) is 14.1. The van der Waals surface area contributed by atoms with Crippen molar-refractivity contribution in [3.63, 3.8) is 0 Å². The number of nitro groups is 1. The minimum Gasteiger partial charge on any atom is -0.494 e. The van der Waals surface area contributed by atoms with Gasteiger partial charge in [-0.25, -0.2) is 4.79 Å². The number of rotatable bonds is 14. The van der Waals surface area contributed by atoms with E-state index in [4.69, 9.17) is 9.84 Å². The highest BCUT2D eigenvalue weighted by molar-refractivity contribution is 5.71. The summed E-state index contributed by atoms with van der Waals surface area (Å²) in [7, 11) is 0. The summed E-state index contributed by atoms with van der Waals surface area (Å²) in [5.41, 5.74) is 0. The molecule has 0 aliphatic rings. The maximum Gasteiger partial charge on any atom is 0.379 e. The van der Waals surface area contributed by atoms with Gasteiger partial charge in [-0.3, -0.25) is 10.1 Å². The Morgan fingerprint density at radius 2 is 1.54 bits per heavy atom. The lowest BCUT2D eigenvalue weighted by atomic mass is 10.0. The molecule has 0 saturated heterocycles. The third kappa shape index (κ3) is 9.12. The quantitative estimate of drug-likeness (QED) is 0.310. The molecule has 6 nitrogen and oxygen atoms in total. The molecule has 24 heavy (non-hydrogen) atoms. The van der Waals surface area contributed by atoms with Crippen molar-refractivity contribution in [3.05, 3.63) is 40.4 Å². The topological polar surface area (TPSA) is 89.7 Å². The molecule has 0 heterocycles. The molecule has 0 aliphatic heterocycles. The average Bonchev–Trinajstić information content (AvgIpc) is 2.56. The number of hydrogen-bond donors (Lipinski definition) is 1. The Bertz CT molecular complexity index is 464. The molecule has 0 radical (unpaired) electrons. The van der Waals surface area contributed by atoms with Gasteiger partial charge in [0.05, 0.1) is 6.61 Å². The fraction of sp³-hybridized carbons (Fsp3) is 0.611. The van der Waals surface area contributed by atoms with Crippen molar-refractivity contribution in [3.8, 4) is 5.75 Å². The molecule has 134 valence electrons. The highest BCUT2D eigenvalue weighted by Gasteiger charge is 2.27. The van der Waals surface area contributed by atoms with Crippen LogP contribution in [0, 0.1) is 10.1 Å². The van der Waals surface area contributed by atoms with E-state index in [0.29, 0.717) is 6.42 Å². The van der Waals surface area contributed by atoms with Crippen LogP contribution in [-0.2, 0) is 4.79 Å². The third-order valence-electron chi connectivity index (χ3n) is 3.92. The summed E-state index contributed by atoms with van der Waals surface area (Å²) >= 11 is 0. The number of para-hydroxylation sites is 1. The fourth-order valence-electron chi connectivity index (χ4n) is 2.53. The van der Waals surface area contributed by atoms with E-state index in [1.165, 1.54) is 0 Å². The number of carbonyl (C=O) groups is 1. The molecule has 1 aromatic carbocycles. The van der Waals surface area contributed by atoms with Crippen LogP contribution in [0.25, 0.3) is 0 Å². The summed E-state index contributed by atoms with van der Waals surface area (Å²) in [5, 5.41) is 19.2. The highest BCUT2D eigenvalue weighted by Crippen LogP contribution is 2.13. The summed E-state index contributed by atoms with van der Waals surface area (Å²) < 4.78 is 5.62. The number of hydrogen-bond acceptors (Lipinski definition) is 4. The van der Waals surface area contributed by atoms with Crippen LogP contribution in [0.1, 0.15) is 57.8 Å². The normalized spacial score (nSPS) is 11.8. The van der Waals surface area contributed by atoms with Crippen molar-refractivity contribution >= 4 is 5.97 Å². The monoisotopic (exact) mass is 337 g/mol. The van der Waals surface area contributed by atoms with E-state index < -0.39 is 16.9 Å². The smallest absolute Gasteiger partial charge is 0.379 e. The Kier molecular flexibility index (Phi) is 10.2. The second-order valence-corrected chi connectivity index (χ2v) is 5.92. The molecular weight excluding hydrogens is 310 g/mol. The Morgan fingerprint density at radius 1 is 1.00 bits per heavy atom. The zero-order valence-corrected chi connectivity index (χ0v) is 14.1. The summed E-state index contributed by atoms with van der Waals surface area (Å²) in [6.07, 6.45) is 8.15. The number of carboxylic acids is 1. The first-order chi connectivity index (χ1) is 11.6. The van der Waals surface area contributed by atoms with Gasteiger partial charge in [0.1, 0.15) is 5.75 Å². The molecule has 0 fully saturated rings. The Balaban J connectivity index is 1.88. The number of unbranched alkanes of at least 4 members (excludes halogenated alkanes) is 7. The molecule has 0 aromatic heterocycles. The van der Waals surface area contributed by atoms with Crippen molar-refractivity contribution in [1.82, 2.24) is 0 Å².